The minimum atomic E-state index is -0.866. The Kier molecular flexibility index (Phi) is 24.3. The Morgan fingerprint density at radius 3 is 2.03 bits per heavy atom. The molecule has 0 aromatic carbocycles. The number of allylic oxidation sites excluding steroid dienone is 9. The van der Waals surface area contributed by atoms with E-state index in [2.05, 4.69) is 67.8 Å². The number of amides is 1. The van der Waals surface area contributed by atoms with Crippen LogP contribution in [-0.2, 0) is 4.79 Å². The first-order chi connectivity index (χ1) is 16.7. The molecule has 0 aromatic heterocycles. The number of aliphatic hydroxyl groups is 2. The monoisotopic (exact) mass is 473 g/mol. The fourth-order valence-electron chi connectivity index (χ4n) is 3.39. The van der Waals surface area contributed by atoms with Gasteiger partial charge in [0.25, 0.3) is 0 Å². The number of carbonyl (C=O) groups excluding carboxylic acids is 1. The summed E-state index contributed by atoms with van der Waals surface area (Å²) in [6.07, 6.45) is 34.4. The Labute approximate surface area is 209 Å². The second-order valence-corrected chi connectivity index (χ2v) is 8.71. The highest BCUT2D eigenvalue weighted by Crippen LogP contribution is 2.08. The molecule has 0 radical (unpaired) electrons. The van der Waals surface area contributed by atoms with E-state index >= 15 is 0 Å². The van der Waals surface area contributed by atoms with E-state index < -0.39 is 12.1 Å². The van der Waals surface area contributed by atoms with Crippen molar-refractivity contribution in [2.45, 2.75) is 116 Å². The molecule has 0 aromatic rings. The van der Waals surface area contributed by atoms with Gasteiger partial charge in [-0.25, -0.2) is 0 Å². The van der Waals surface area contributed by atoms with E-state index in [4.69, 9.17) is 0 Å². The molecule has 0 heterocycles. The fourth-order valence-corrected chi connectivity index (χ4v) is 3.39. The van der Waals surface area contributed by atoms with Gasteiger partial charge in [-0.1, -0.05) is 100 Å². The molecule has 0 aliphatic rings. The summed E-state index contributed by atoms with van der Waals surface area (Å²) < 4.78 is 0. The van der Waals surface area contributed by atoms with Crippen molar-refractivity contribution in [2.75, 3.05) is 6.61 Å². The van der Waals surface area contributed by atoms with Gasteiger partial charge in [0, 0.05) is 6.42 Å². The molecule has 194 valence electrons. The van der Waals surface area contributed by atoms with Gasteiger partial charge in [-0.2, -0.15) is 0 Å². The predicted molar refractivity (Wildman–Crippen MR) is 147 cm³/mol. The third-order valence-electron chi connectivity index (χ3n) is 5.47. The molecule has 1 amide bonds. The zero-order valence-electron chi connectivity index (χ0n) is 21.8. The number of rotatable bonds is 22. The SMILES string of the molecule is CC/C=C\C/C=C\C/C=C\CCCCCCCC(=O)NC(CO)C(O)/C=C/CC/C=C/CCC. The lowest BCUT2D eigenvalue weighted by Crippen LogP contribution is -2.45. The van der Waals surface area contributed by atoms with Gasteiger partial charge in [0.2, 0.25) is 5.91 Å². The average molecular weight is 474 g/mol. The van der Waals surface area contributed by atoms with Gasteiger partial charge in [-0.05, 0) is 57.8 Å². The normalized spacial score (nSPS) is 14.4. The maximum Gasteiger partial charge on any atom is 0.220 e. The van der Waals surface area contributed by atoms with Gasteiger partial charge < -0.3 is 15.5 Å². The molecule has 0 bridgehead atoms. The molecule has 0 spiro atoms. The number of aliphatic hydroxyl groups excluding tert-OH is 2. The Balaban J connectivity index is 3.78. The molecule has 3 N–H and O–H groups in total. The van der Waals surface area contributed by atoms with Crippen molar-refractivity contribution in [3.05, 3.63) is 60.8 Å². The van der Waals surface area contributed by atoms with E-state index in [1.54, 1.807) is 6.08 Å². The molecule has 0 aliphatic carbocycles. The van der Waals surface area contributed by atoms with Crippen LogP contribution in [0, 0.1) is 0 Å². The Morgan fingerprint density at radius 1 is 0.735 bits per heavy atom. The first-order valence-electron chi connectivity index (χ1n) is 13.5. The first-order valence-corrected chi connectivity index (χ1v) is 13.5. The molecule has 0 rings (SSSR count). The Bertz CT molecular complexity index is 604. The smallest absolute Gasteiger partial charge is 0.220 e. The summed E-state index contributed by atoms with van der Waals surface area (Å²) in [7, 11) is 0. The molecule has 4 nitrogen and oxygen atoms in total. The van der Waals surface area contributed by atoms with Crippen LogP contribution in [0.25, 0.3) is 0 Å². The molecular formula is C30H51NO3. The second-order valence-electron chi connectivity index (χ2n) is 8.71. The highest BCUT2D eigenvalue weighted by molar-refractivity contribution is 5.76. The van der Waals surface area contributed by atoms with Crippen molar-refractivity contribution in [1.82, 2.24) is 5.32 Å². The highest BCUT2D eigenvalue weighted by atomic mass is 16.3. The van der Waals surface area contributed by atoms with E-state index in [-0.39, 0.29) is 12.5 Å². The number of hydrogen-bond donors (Lipinski definition) is 3. The van der Waals surface area contributed by atoms with Gasteiger partial charge in [0.05, 0.1) is 18.8 Å². The fraction of sp³-hybridized carbons (Fsp3) is 0.633. The lowest BCUT2D eigenvalue weighted by Gasteiger charge is -2.19. The molecule has 0 saturated heterocycles. The van der Waals surface area contributed by atoms with Gasteiger partial charge in [-0.3, -0.25) is 4.79 Å². The van der Waals surface area contributed by atoms with Gasteiger partial charge in [0.15, 0.2) is 0 Å². The summed E-state index contributed by atoms with van der Waals surface area (Å²) in [5, 5.41) is 22.5. The third-order valence-corrected chi connectivity index (χ3v) is 5.47. The number of hydrogen-bond acceptors (Lipinski definition) is 3. The van der Waals surface area contributed by atoms with Crippen molar-refractivity contribution in [2.24, 2.45) is 0 Å². The molecule has 0 aliphatic heterocycles. The van der Waals surface area contributed by atoms with E-state index in [1.807, 2.05) is 6.08 Å². The zero-order valence-corrected chi connectivity index (χ0v) is 21.8. The molecule has 2 atom stereocenters. The average Bonchev–Trinajstić information content (AvgIpc) is 2.84. The van der Waals surface area contributed by atoms with E-state index in [0.29, 0.717) is 6.42 Å². The summed E-state index contributed by atoms with van der Waals surface area (Å²) >= 11 is 0. The lowest BCUT2D eigenvalue weighted by atomic mass is 10.1. The molecule has 0 saturated carbocycles. The number of unbranched alkanes of at least 4 members (excludes halogenated alkanes) is 7. The molecule has 34 heavy (non-hydrogen) atoms. The van der Waals surface area contributed by atoms with Gasteiger partial charge in [0.1, 0.15) is 0 Å². The quantitative estimate of drug-likeness (QED) is 0.116. The van der Waals surface area contributed by atoms with Crippen LogP contribution in [0.5, 0.6) is 0 Å². The lowest BCUT2D eigenvalue weighted by molar-refractivity contribution is -0.123. The van der Waals surface area contributed by atoms with Crippen LogP contribution in [0.4, 0.5) is 0 Å². The van der Waals surface area contributed by atoms with Crippen LogP contribution in [0.3, 0.4) is 0 Å². The summed E-state index contributed by atoms with van der Waals surface area (Å²) in [6.45, 7) is 4.03. The molecule has 4 heteroatoms. The number of carbonyl (C=O) groups is 1. The van der Waals surface area contributed by atoms with Crippen LogP contribution in [0.15, 0.2) is 60.8 Å². The summed E-state index contributed by atoms with van der Waals surface area (Å²) in [4.78, 5) is 12.1. The first kappa shape index (κ1) is 32.1. The minimum absolute atomic E-state index is 0.102. The van der Waals surface area contributed by atoms with E-state index in [1.165, 1.54) is 12.8 Å². The minimum Gasteiger partial charge on any atom is -0.394 e. The van der Waals surface area contributed by atoms with Crippen LogP contribution in [-0.4, -0.2) is 34.9 Å². The standard InChI is InChI=1S/C30H51NO3/c1-3-5-7-9-11-12-13-14-15-16-17-18-20-22-24-26-30(34)31-28(27-32)29(33)25-23-21-19-10-8-6-4-2/h5,7-8,10-12,14-15,23,25,28-29,32-33H,3-4,6,9,13,16-22,24,26-27H2,1-2H3,(H,31,34)/b7-5-,10-8+,12-11-,15-14-,25-23+. The van der Waals surface area contributed by atoms with E-state index in [0.717, 1.165) is 70.6 Å². The Hall–Kier alpha value is -1.91. The Morgan fingerprint density at radius 2 is 1.32 bits per heavy atom. The summed E-state index contributed by atoms with van der Waals surface area (Å²) in [6, 6.07) is -0.645. The van der Waals surface area contributed by atoms with Crippen molar-refractivity contribution >= 4 is 5.91 Å². The maximum absolute atomic E-state index is 12.1. The predicted octanol–water partition coefficient (Wildman–Crippen LogP) is 7.11. The van der Waals surface area contributed by atoms with Crippen molar-refractivity contribution in [3.8, 4) is 0 Å². The molecular weight excluding hydrogens is 422 g/mol. The highest BCUT2D eigenvalue weighted by Gasteiger charge is 2.17. The zero-order chi connectivity index (χ0) is 25.1. The summed E-state index contributed by atoms with van der Waals surface area (Å²) in [5.41, 5.74) is 0. The van der Waals surface area contributed by atoms with Crippen LogP contribution < -0.4 is 5.32 Å². The second kappa shape index (κ2) is 25.7. The topological polar surface area (TPSA) is 69.6 Å². The van der Waals surface area contributed by atoms with Crippen molar-refractivity contribution in [1.29, 1.82) is 0 Å². The van der Waals surface area contributed by atoms with Crippen molar-refractivity contribution < 1.29 is 15.0 Å². The number of nitrogens with one attached hydrogen (secondary N) is 1. The van der Waals surface area contributed by atoms with Gasteiger partial charge in [-0.15, -0.1) is 0 Å². The largest absolute Gasteiger partial charge is 0.394 e. The van der Waals surface area contributed by atoms with Crippen molar-refractivity contribution in [3.63, 3.8) is 0 Å². The summed E-state index contributed by atoms with van der Waals surface area (Å²) in [5.74, 6) is -0.102. The van der Waals surface area contributed by atoms with Crippen LogP contribution in [0.2, 0.25) is 0 Å². The third kappa shape index (κ3) is 21.9. The van der Waals surface area contributed by atoms with Gasteiger partial charge >= 0.3 is 0 Å². The van der Waals surface area contributed by atoms with Crippen LogP contribution in [0.1, 0.15) is 104 Å². The molecule has 0 fully saturated rings. The molecule has 2 unspecified atom stereocenters. The maximum atomic E-state index is 12.1. The van der Waals surface area contributed by atoms with Crippen LogP contribution >= 0.6 is 0 Å². The van der Waals surface area contributed by atoms with E-state index in [9.17, 15) is 15.0 Å².